The van der Waals surface area contributed by atoms with E-state index in [1.54, 1.807) is 11.6 Å². The molecule has 2 rings (SSSR count). The number of anilines is 1. The molecule has 0 saturated heterocycles. The second kappa shape index (κ2) is 6.16. The Balaban J connectivity index is 2.33. The number of hydrogen-bond acceptors (Lipinski definition) is 5. The summed E-state index contributed by atoms with van der Waals surface area (Å²) in [6.45, 7) is 1.49. The molecule has 0 unspecified atom stereocenters. The van der Waals surface area contributed by atoms with Gasteiger partial charge in [-0.2, -0.15) is 0 Å². The fourth-order valence-corrected chi connectivity index (χ4v) is 2.12. The Labute approximate surface area is 116 Å². The van der Waals surface area contributed by atoms with Gasteiger partial charge < -0.3 is 20.7 Å². The van der Waals surface area contributed by atoms with Gasteiger partial charge in [0.1, 0.15) is 0 Å². The molecular weight excluding hydrogens is 258 g/mol. The van der Waals surface area contributed by atoms with Gasteiger partial charge in [0.25, 0.3) is 0 Å². The van der Waals surface area contributed by atoms with Crippen LogP contribution in [-0.4, -0.2) is 27.6 Å². The molecule has 7 heteroatoms. The van der Waals surface area contributed by atoms with Crippen molar-refractivity contribution in [3.8, 4) is 0 Å². The van der Waals surface area contributed by atoms with Gasteiger partial charge in [-0.3, -0.25) is 4.57 Å². The maximum absolute atomic E-state index is 11.1. The van der Waals surface area contributed by atoms with Gasteiger partial charge in [-0.15, -0.1) is 0 Å². The summed E-state index contributed by atoms with van der Waals surface area (Å²) in [5, 5.41) is 11.1. The summed E-state index contributed by atoms with van der Waals surface area (Å²) in [6.07, 6.45) is 1.45. The first-order valence-corrected chi connectivity index (χ1v) is 6.28. The van der Waals surface area contributed by atoms with Crippen LogP contribution in [0.2, 0.25) is 0 Å². The highest BCUT2D eigenvalue weighted by Crippen LogP contribution is 2.26. The molecule has 0 saturated carbocycles. The lowest BCUT2D eigenvalue weighted by atomic mass is 10.2. The van der Waals surface area contributed by atoms with Crippen LogP contribution >= 0.6 is 0 Å². The van der Waals surface area contributed by atoms with Gasteiger partial charge in [0, 0.05) is 26.7 Å². The maximum Gasteiger partial charge on any atom is 0.406 e. The predicted molar refractivity (Wildman–Crippen MR) is 76.4 cm³/mol. The highest BCUT2D eigenvalue weighted by atomic mass is 16.6. The van der Waals surface area contributed by atoms with Crippen LogP contribution in [0.4, 0.5) is 11.6 Å². The molecule has 2 aromatic rings. The minimum Gasteiger partial charge on any atom is -0.358 e. The van der Waals surface area contributed by atoms with Crippen LogP contribution in [0.1, 0.15) is 5.56 Å². The van der Waals surface area contributed by atoms with E-state index >= 15 is 0 Å². The van der Waals surface area contributed by atoms with E-state index in [0.717, 1.165) is 5.56 Å². The highest BCUT2D eigenvalue weighted by molar-refractivity contribution is 5.55. The minimum atomic E-state index is -0.468. The molecule has 0 bridgehead atoms. The van der Waals surface area contributed by atoms with E-state index in [4.69, 9.17) is 5.73 Å². The van der Waals surface area contributed by atoms with E-state index < -0.39 is 4.92 Å². The van der Waals surface area contributed by atoms with Gasteiger partial charge in [0.15, 0.2) is 0 Å². The molecule has 0 spiro atoms. The molecule has 1 aromatic carbocycles. The van der Waals surface area contributed by atoms with Crippen LogP contribution in [0.15, 0.2) is 36.7 Å². The summed E-state index contributed by atoms with van der Waals surface area (Å²) in [7, 11) is 1.74. The third-order valence-electron chi connectivity index (χ3n) is 2.98. The van der Waals surface area contributed by atoms with Gasteiger partial charge in [0.2, 0.25) is 12.1 Å². The highest BCUT2D eigenvalue weighted by Gasteiger charge is 2.25. The molecule has 0 atom stereocenters. The monoisotopic (exact) mass is 275 g/mol. The summed E-state index contributed by atoms with van der Waals surface area (Å²) in [5.74, 6) is 0.334. The minimum absolute atomic E-state index is 0.142. The van der Waals surface area contributed by atoms with Gasteiger partial charge >= 0.3 is 5.82 Å². The fourth-order valence-electron chi connectivity index (χ4n) is 2.12. The summed E-state index contributed by atoms with van der Waals surface area (Å²) in [6, 6.07) is 9.77. The van der Waals surface area contributed by atoms with Gasteiger partial charge in [-0.05, 0) is 15.5 Å². The van der Waals surface area contributed by atoms with E-state index in [9.17, 15) is 10.1 Å². The van der Waals surface area contributed by atoms with Crippen LogP contribution in [0, 0.1) is 10.1 Å². The van der Waals surface area contributed by atoms with Crippen molar-refractivity contribution >= 4 is 11.6 Å². The van der Waals surface area contributed by atoms with E-state index in [0.29, 0.717) is 25.5 Å². The number of nitrogens with zero attached hydrogens (tertiary/aromatic N) is 4. The number of aryl methyl sites for hydroxylation is 1. The molecule has 1 aromatic heterocycles. The van der Waals surface area contributed by atoms with Crippen molar-refractivity contribution in [1.29, 1.82) is 0 Å². The first-order valence-electron chi connectivity index (χ1n) is 6.28. The Bertz CT molecular complexity index is 582. The van der Waals surface area contributed by atoms with Crippen molar-refractivity contribution in [3.63, 3.8) is 0 Å². The van der Waals surface area contributed by atoms with Crippen LogP contribution in [0.5, 0.6) is 0 Å². The van der Waals surface area contributed by atoms with Crippen molar-refractivity contribution in [2.24, 2.45) is 12.8 Å². The Morgan fingerprint density at radius 2 is 2.10 bits per heavy atom. The third-order valence-corrected chi connectivity index (χ3v) is 2.98. The summed E-state index contributed by atoms with van der Waals surface area (Å²) in [5.41, 5.74) is 6.69. The molecule has 20 heavy (non-hydrogen) atoms. The van der Waals surface area contributed by atoms with Gasteiger partial charge in [0.05, 0.1) is 0 Å². The lowest BCUT2D eigenvalue weighted by Gasteiger charge is -2.23. The quantitative estimate of drug-likeness (QED) is 0.633. The normalized spacial score (nSPS) is 10.5. The number of aromatic nitrogens is 2. The average molecular weight is 275 g/mol. The molecule has 0 amide bonds. The number of nitro groups is 1. The molecule has 2 N–H and O–H groups in total. The second-order valence-corrected chi connectivity index (χ2v) is 4.46. The smallest absolute Gasteiger partial charge is 0.358 e. The lowest BCUT2D eigenvalue weighted by Crippen LogP contribution is -2.30. The van der Waals surface area contributed by atoms with Gasteiger partial charge in [-0.25, -0.2) is 0 Å². The zero-order valence-corrected chi connectivity index (χ0v) is 11.3. The average Bonchev–Trinajstić information content (AvgIpc) is 2.81. The summed E-state index contributed by atoms with van der Waals surface area (Å²) in [4.78, 5) is 16.3. The maximum atomic E-state index is 11.1. The van der Waals surface area contributed by atoms with E-state index in [2.05, 4.69) is 4.98 Å². The molecule has 106 valence electrons. The number of benzene rings is 1. The first-order chi connectivity index (χ1) is 9.63. The number of nitrogens with two attached hydrogens (primary N) is 1. The Kier molecular flexibility index (Phi) is 4.31. The van der Waals surface area contributed by atoms with Crippen LogP contribution in [0.25, 0.3) is 0 Å². The van der Waals surface area contributed by atoms with Crippen molar-refractivity contribution < 1.29 is 4.92 Å². The summed E-state index contributed by atoms with van der Waals surface area (Å²) >= 11 is 0. The van der Waals surface area contributed by atoms with Gasteiger partial charge in [-0.1, -0.05) is 30.3 Å². The van der Waals surface area contributed by atoms with Crippen molar-refractivity contribution in [2.75, 3.05) is 18.0 Å². The largest absolute Gasteiger partial charge is 0.406 e. The number of imidazole rings is 1. The lowest BCUT2D eigenvalue weighted by molar-refractivity contribution is -0.388. The SMILES string of the molecule is Cn1cnc([N+](=O)[O-])c1N(CCN)Cc1ccccc1. The predicted octanol–water partition coefficient (Wildman–Crippen LogP) is 1.29. The molecule has 0 aliphatic rings. The second-order valence-electron chi connectivity index (χ2n) is 4.46. The fraction of sp³-hybridized carbons (Fsp3) is 0.308. The van der Waals surface area contributed by atoms with E-state index in [1.165, 1.54) is 6.33 Å². The standard InChI is InChI=1S/C13H17N5O2/c1-16-10-15-12(18(19)20)13(16)17(8-7-14)9-11-5-3-2-4-6-11/h2-6,10H,7-9,14H2,1H3. The molecule has 0 radical (unpaired) electrons. The summed E-state index contributed by atoms with van der Waals surface area (Å²) < 4.78 is 1.65. The topological polar surface area (TPSA) is 90.2 Å². The Hall–Kier alpha value is -2.41. The molecule has 0 fully saturated rings. The zero-order chi connectivity index (χ0) is 14.5. The molecule has 0 aliphatic heterocycles. The first kappa shape index (κ1) is 14.0. The van der Waals surface area contributed by atoms with Crippen LogP contribution in [-0.2, 0) is 13.6 Å². The number of hydrogen-bond donors (Lipinski definition) is 1. The van der Waals surface area contributed by atoms with E-state index in [-0.39, 0.29) is 5.82 Å². The molecule has 7 nitrogen and oxygen atoms in total. The molecule has 0 aliphatic carbocycles. The van der Waals surface area contributed by atoms with E-state index in [1.807, 2.05) is 35.2 Å². The number of rotatable bonds is 6. The molecule has 1 heterocycles. The van der Waals surface area contributed by atoms with Crippen LogP contribution < -0.4 is 10.6 Å². The van der Waals surface area contributed by atoms with Crippen molar-refractivity contribution in [3.05, 3.63) is 52.3 Å². The third kappa shape index (κ3) is 2.94. The molecular formula is C13H17N5O2. The Morgan fingerprint density at radius 3 is 2.70 bits per heavy atom. The van der Waals surface area contributed by atoms with Crippen LogP contribution in [0.3, 0.4) is 0 Å². The van der Waals surface area contributed by atoms with Crippen molar-refractivity contribution in [2.45, 2.75) is 6.54 Å². The van der Waals surface area contributed by atoms with Crippen molar-refractivity contribution in [1.82, 2.24) is 9.55 Å². The zero-order valence-electron chi connectivity index (χ0n) is 11.3. The Morgan fingerprint density at radius 1 is 1.40 bits per heavy atom.